The summed E-state index contributed by atoms with van der Waals surface area (Å²) in [6, 6.07) is 17.1. The summed E-state index contributed by atoms with van der Waals surface area (Å²) in [5.74, 6) is 0.985. The molecule has 0 atom stereocenters. The Labute approximate surface area is 133 Å². The maximum absolute atomic E-state index is 8.80. The molecule has 0 unspecified atom stereocenters. The third-order valence-corrected chi connectivity index (χ3v) is 3.24. The monoisotopic (exact) mass is 302 g/mol. The summed E-state index contributed by atoms with van der Waals surface area (Å²) < 4.78 is 0. The number of hydrogen-bond acceptors (Lipinski definition) is 6. The van der Waals surface area contributed by atoms with Gasteiger partial charge in [0.1, 0.15) is 0 Å². The van der Waals surface area contributed by atoms with Crippen LogP contribution in [0, 0.1) is 18.3 Å². The first-order valence-electron chi connectivity index (χ1n) is 7.04. The fourth-order valence-corrected chi connectivity index (χ4v) is 2.03. The second kappa shape index (κ2) is 6.54. The number of para-hydroxylation sites is 1. The first-order chi connectivity index (χ1) is 11.2. The Morgan fingerprint density at radius 1 is 1.00 bits per heavy atom. The second-order valence-corrected chi connectivity index (χ2v) is 4.92. The Morgan fingerprint density at radius 2 is 1.78 bits per heavy atom. The molecule has 1 aromatic heterocycles. The number of nitriles is 1. The van der Waals surface area contributed by atoms with E-state index in [0.29, 0.717) is 17.3 Å². The zero-order valence-corrected chi connectivity index (χ0v) is 12.5. The van der Waals surface area contributed by atoms with Gasteiger partial charge in [-0.3, -0.25) is 0 Å². The van der Waals surface area contributed by atoms with Crippen molar-refractivity contribution in [3.05, 3.63) is 65.9 Å². The Hall–Kier alpha value is -3.46. The van der Waals surface area contributed by atoms with E-state index in [1.54, 1.807) is 30.5 Å². The van der Waals surface area contributed by atoms with E-state index in [0.717, 1.165) is 16.9 Å². The molecule has 3 aromatic rings. The summed E-state index contributed by atoms with van der Waals surface area (Å²) >= 11 is 0. The van der Waals surface area contributed by atoms with Gasteiger partial charge in [0.2, 0.25) is 5.95 Å². The highest BCUT2D eigenvalue weighted by Crippen LogP contribution is 2.19. The molecule has 23 heavy (non-hydrogen) atoms. The maximum Gasteiger partial charge on any atom is 0.249 e. The SMILES string of the molecule is Cc1ccccc1Nc1cnnc(Nc2ccc(C#N)cc2)n1. The number of hydrogen-bond donors (Lipinski definition) is 2. The number of nitrogens with zero attached hydrogens (tertiary/aromatic N) is 4. The zero-order valence-electron chi connectivity index (χ0n) is 12.5. The van der Waals surface area contributed by atoms with Crippen molar-refractivity contribution < 1.29 is 0 Å². The molecule has 0 radical (unpaired) electrons. The molecule has 3 rings (SSSR count). The average Bonchev–Trinajstić information content (AvgIpc) is 2.58. The molecule has 2 N–H and O–H groups in total. The normalized spacial score (nSPS) is 9.91. The first-order valence-corrected chi connectivity index (χ1v) is 7.04. The Kier molecular flexibility index (Phi) is 4.11. The summed E-state index contributed by atoms with van der Waals surface area (Å²) in [5, 5.41) is 23.0. The Bertz CT molecular complexity index is 851. The van der Waals surface area contributed by atoms with Crippen molar-refractivity contribution in [2.75, 3.05) is 10.6 Å². The lowest BCUT2D eigenvalue weighted by molar-refractivity contribution is 0.982. The Morgan fingerprint density at radius 3 is 2.52 bits per heavy atom. The predicted octanol–water partition coefficient (Wildman–Crippen LogP) is 3.54. The number of rotatable bonds is 4. The predicted molar refractivity (Wildman–Crippen MR) is 88.7 cm³/mol. The van der Waals surface area contributed by atoms with Gasteiger partial charge in [-0.25, -0.2) is 0 Å². The summed E-state index contributed by atoms with van der Waals surface area (Å²) in [6.07, 6.45) is 1.57. The molecule has 0 fully saturated rings. The third kappa shape index (κ3) is 3.60. The van der Waals surface area contributed by atoms with Gasteiger partial charge in [0.25, 0.3) is 0 Å². The van der Waals surface area contributed by atoms with Crippen molar-refractivity contribution in [2.24, 2.45) is 0 Å². The van der Waals surface area contributed by atoms with Crippen LogP contribution in [0.1, 0.15) is 11.1 Å². The highest BCUT2D eigenvalue weighted by atomic mass is 15.3. The van der Waals surface area contributed by atoms with Crippen LogP contribution in [-0.4, -0.2) is 15.2 Å². The number of benzene rings is 2. The fourth-order valence-electron chi connectivity index (χ4n) is 2.03. The van der Waals surface area contributed by atoms with E-state index in [1.807, 2.05) is 31.2 Å². The molecule has 6 heteroatoms. The van der Waals surface area contributed by atoms with Crippen LogP contribution in [0.2, 0.25) is 0 Å². The van der Waals surface area contributed by atoms with Crippen molar-refractivity contribution in [3.8, 4) is 6.07 Å². The lowest BCUT2D eigenvalue weighted by atomic mass is 10.2. The van der Waals surface area contributed by atoms with E-state index in [4.69, 9.17) is 5.26 Å². The molecule has 0 aliphatic heterocycles. The van der Waals surface area contributed by atoms with Gasteiger partial charge in [-0.15, -0.1) is 5.10 Å². The molecule has 0 saturated heterocycles. The van der Waals surface area contributed by atoms with E-state index >= 15 is 0 Å². The van der Waals surface area contributed by atoms with Gasteiger partial charge in [0, 0.05) is 11.4 Å². The molecule has 2 aromatic carbocycles. The molecular weight excluding hydrogens is 288 g/mol. The van der Waals surface area contributed by atoms with Gasteiger partial charge in [-0.1, -0.05) is 18.2 Å². The van der Waals surface area contributed by atoms with E-state index in [2.05, 4.69) is 31.9 Å². The molecule has 0 amide bonds. The summed E-state index contributed by atoms with van der Waals surface area (Å²) in [7, 11) is 0. The van der Waals surface area contributed by atoms with Crippen LogP contribution in [0.3, 0.4) is 0 Å². The van der Waals surface area contributed by atoms with E-state index in [-0.39, 0.29) is 0 Å². The second-order valence-electron chi connectivity index (χ2n) is 4.92. The summed E-state index contributed by atoms with van der Waals surface area (Å²) in [4.78, 5) is 4.39. The van der Waals surface area contributed by atoms with Gasteiger partial charge < -0.3 is 10.6 Å². The molecule has 0 saturated carbocycles. The number of nitrogens with one attached hydrogen (secondary N) is 2. The molecule has 112 valence electrons. The number of aryl methyl sites for hydroxylation is 1. The van der Waals surface area contributed by atoms with Crippen molar-refractivity contribution >= 4 is 23.1 Å². The highest BCUT2D eigenvalue weighted by Gasteiger charge is 2.03. The van der Waals surface area contributed by atoms with Crippen LogP contribution in [0.15, 0.2) is 54.7 Å². The van der Waals surface area contributed by atoms with Crippen molar-refractivity contribution in [3.63, 3.8) is 0 Å². The summed E-state index contributed by atoms with van der Waals surface area (Å²) in [5.41, 5.74) is 3.48. The molecule has 0 aliphatic carbocycles. The van der Waals surface area contributed by atoms with Crippen molar-refractivity contribution in [2.45, 2.75) is 6.92 Å². The molecule has 6 nitrogen and oxygen atoms in total. The van der Waals surface area contributed by atoms with E-state index in [1.165, 1.54) is 0 Å². The van der Waals surface area contributed by atoms with Crippen LogP contribution in [0.5, 0.6) is 0 Å². The topological polar surface area (TPSA) is 86.5 Å². The van der Waals surface area contributed by atoms with Gasteiger partial charge in [-0.2, -0.15) is 15.3 Å². The Balaban J connectivity index is 1.77. The van der Waals surface area contributed by atoms with E-state index < -0.39 is 0 Å². The first kappa shape index (κ1) is 14.5. The lowest BCUT2D eigenvalue weighted by Gasteiger charge is -2.09. The minimum Gasteiger partial charge on any atom is -0.339 e. The minimum atomic E-state index is 0.383. The van der Waals surface area contributed by atoms with Crippen LogP contribution < -0.4 is 10.6 Å². The number of anilines is 4. The molecular formula is C17H14N6. The van der Waals surface area contributed by atoms with Crippen LogP contribution in [-0.2, 0) is 0 Å². The van der Waals surface area contributed by atoms with Crippen LogP contribution >= 0.6 is 0 Å². The van der Waals surface area contributed by atoms with Crippen LogP contribution in [0.4, 0.5) is 23.1 Å². The van der Waals surface area contributed by atoms with Gasteiger partial charge in [-0.05, 0) is 42.8 Å². The standard InChI is InChI=1S/C17H14N6/c1-12-4-2-3-5-15(12)21-16-11-19-23-17(22-16)20-14-8-6-13(10-18)7-9-14/h2-9,11H,1H3,(H2,20,21,22,23). The zero-order chi connectivity index (χ0) is 16.1. The highest BCUT2D eigenvalue weighted by molar-refractivity contribution is 5.61. The smallest absolute Gasteiger partial charge is 0.249 e. The molecule has 0 spiro atoms. The van der Waals surface area contributed by atoms with E-state index in [9.17, 15) is 0 Å². The fraction of sp³-hybridized carbons (Fsp3) is 0.0588. The molecule has 0 aliphatic rings. The molecule has 1 heterocycles. The van der Waals surface area contributed by atoms with Gasteiger partial charge in [0.05, 0.1) is 17.8 Å². The quantitative estimate of drug-likeness (QED) is 0.766. The van der Waals surface area contributed by atoms with Gasteiger partial charge in [0.15, 0.2) is 5.82 Å². The maximum atomic E-state index is 8.80. The number of aromatic nitrogens is 3. The molecule has 0 bridgehead atoms. The van der Waals surface area contributed by atoms with Crippen LogP contribution in [0.25, 0.3) is 0 Å². The average molecular weight is 302 g/mol. The third-order valence-electron chi connectivity index (χ3n) is 3.24. The minimum absolute atomic E-state index is 0.383. The van der Waals surface area contributed by atoms with Gasteiger partial charge >= 0.3 is 0 Å². The lowest BCUT2D eigenvalue weighted by Crippen LogP contribution is -2.03. The van der Waals surface area contributed by atoms with Crippen molar-refractivity contribution in [1.82, 2.24) is 15.2 Å². The largest absolute Gasteiger partial charge is 0.339 e. The van der Waals surface area contributed by atoms with Crippen molar-refractivity contribution in [1.29, 1.82) is 5.26 Å². The summed E-state index contributed by atoms with van der Waals surface area (Å²) in [6.45, 7) is 2.02.